The van der Waals surface area contributed by atoms with Gasteiger partial charge in [-0.2, -0.15) is 0 Å². The third-order valence-corrected chi connectivity index (χ3v) is 7.68. The van der Waals surface area contributed by atoms with Gasteiger partial charge in [0.2, 0.25) is 0 Å². The first-order valence-corrected chi connectivity index (χ1v) is 13.2. The zero-order chi connectivity index (χ0) is 27.1. The van der Waals surface area contributed by atoms with Crippen molar-refractivity contribution in [3.8, 4) is 45.6 Å². The predicted octanol–water partition coefficient (Wildman–Crippen LogP) is 5.85. The van der Waals surface area contributed by atoms with E-state index in [9.17, 15) is 4.79 Å². The van der Waals surface area contributed by atoms with E-state index in [1.807, 2.05) is 72.8 Å². The molecule has 2 aliphatic heterocycles. The van der Waals surface area contributed by atoms with Crippen molar-refractivity contribution in [1.29, 1.82) is 0 Å². The average molecular weight is 596 g/mol. The van der Waals surface area contributed by atoms with Crippen molar-refractivity contribution in [1.82, 2.24) is 39.9 Å². The van der Waals surface area contributed by atoms with Gasteiger partial charge in [-0.1, -0.05) is 72.8 Å². The molecular weight excluding hydrogens is 578 g/mol. The van der Waals surface area contributed by atoms with Gasteiger partial charge in [-0.15, -0.1) is 0 Å². The molecule has 6 aromatic rings. The number of nitrogens with zero attached hydrogens (tertiary/aromatic N) is 6. The van der Waals surface area contributed by atoms with Gasteiger partial charge in [0.25, 0.3) is 0 Å². The number of hydrogen-bond donors (Lipinski definition) is 2. The summed E-state index contributed by atoms with van der Waals surface area (Å²) in [6.07, 6.45) is 3.60. The molecule has 3 aromatic carbocycles. The van der Waals surface area contributed by atoms with Crippen LogP contribution >= 0.6 is 0 Å². The van der Waals surface area contributed by atoms with Gasteiger partial charge in [0.1, 0.15) is 22.6 Å². The molecule has 0 amide bonds. The molecule has 194 valence electrons. The van der Waals surface area contributed by atoms with Crippen LogP contribution in [-0.2, 0) is 30.7 Å². The van der Waals surface area contributed by atoms with Crippen molar-refractivity contribution in [3.05, 3.63) is 90.0 Å². The van der Waals surface area contributed by atoms with Crippen LogP contribution in [0.5, 0.6) is 0 Å². The van der Waals surface area contributed by atoms with Crippen molar-refractivity contribution < 1.29 is 24.3 Å². The van der Waals surface area contributed by atoms with Gasteiger partial charge in [-0.05, 0) is 12.2 Å². The minimum absolute atomic E-state index is 0. The van der Waals surface area contributed by atoms with Crippen molar-refractivity contribution in [2.45, 2.75) is 6.42 Å². The number of ketones is 1. The molecule has 0 spiro atoms. The molecule has 5 heterocycles. The van der Waals surface area contributed by atoms with Crippen LogP contribution in [0.15, 0.2) is 78.9 Å². The average Bonchev–Trinajstić information content (AvgIpc) is 3.72. The maximum Gasteiger partial charge on any atom is 0.164 e. The Kier molecular flexibility index (Phi) is 5.36. The Hall–Kier alpha value is -5.21. The summed E-state index contributed by atoms with van der Waals surface area (Å²) >= 11 is 0. The Morgan fingerprint density at radius 3 is 1.45 bits per heavy atom. The first-order chi connectivity index (χ1) is 20.2. The fourth-order valence-electron chi connectivity index (χ4n) is 5.75. The summed E-state index contributed by atoms with van der Waals surface area (Å²) in [6.45, 7) is 0. The van der Waals surface area contributed by atoms with E-state index in [1.54, 1.807) is 12.2 Å². The van der Waals surface area contributed by atoms with Crippen LogP contribution in [0.2, 0.25) is 0 Å². The van der Waals surface area contributed by atoms with Crippen LogP contribution in [0.4, 0.5) is 0 Å². The Morgan fingerprint density at radius 2 is 0.929 bits per heavy atom. The molecule has 0 unspecified atom stereocenters. The Labute approximate surface area is 250 Å². The Balaban J connectivity index is 0.00000267. The summed E-state index contributed by atoms with van der Waals surface area (Å²) in [6, 6.07) is 23.8. The summed E-state index contributed by atoms with van der Waals surface area (Å²) in [7, 11) is 0. The summed E-state index contributed by atoms with van der Waals surface area (Å²) in [5.41, 5.74) is 7.54. The number of rotatable bonds is 0. The van der Waals surface area contributed by atoms with E-state index < -0.39 is 0 Å². The number of nitrogens with one attached hydrogen (secondary N) is 2. The first kappa shape index (κ1) is 24.6. The zero-order valence-electron chi connectivity index (χ0n) is 22.1. The molecule has 0 saturated heterocycles. The third-order valence-electron chi connectivity index (χ3n) is 7.68. The summed E-state index contributed by atoms with van der Waals surface area (Å²) < 4.78 is 0. The molecule has 42 heavy (non-hydrogen) atoms. The molecule has 10 heteroatoms. The number of H-pyrrole nitrogens is 2. The van der Waals surface area contributed by atoms with E-state index in [-0.39, 0.29) is 31.7 Å². The smallest absolute Gasteiger partial charge is 0.164 e. The van der Waals surface area contributed by atoms with Gasteiger partial charge in [-0.3, -0.25) is 4.79 Å². The van der Waals surface area contributed by atoms with E-state index in [1.165, 1.54) is 0 Å². The molecule has 8 bridgehead atoms. The van der Waals surface area contributed by atoms with Gasteiger partial charge in [-0.25, -0.2) is 29.9 Å². The van der Waals surface area contributed by atoms with E-state index in [4.69, 9.17) is 29.9 Å². The van der Waals surface area contributed by atoms with E-state index in [2.05, 4.69) is 9.97 Å². The minimum atomic E-state index is 0. The van der Waals surface area contributed by atoms with Gasteiger partial charge in [0.05, 0.1) is 0 Å². The molecule has 0 atom stereocenters. The van der Waals surface area contributed by atoms with Gasteiger partial charge >= 0.3 is 0 Å². The van der Waals surface area contributed by atoms with Crippen molar-refractivity contribution >= 4 is 45.2 Å². The number of carbonyl (C=O) groups is 1. The molecule has 0 saturated carbocycles. The largest absolute Gasteiger partial charge is 0.324 e. The molecule has 3 aliphatic rings. The van der Waals surface area contributed by atoms with Crippen LogP contribution in [0, 0.1) is 0 Å². The predicted molar refractivity (Wildman–Crippen MR) is 156 cm³/mol. The molecule has 2 N–H and O–H groups in total. The molecule has 3 aromatic heterocycles. The first-order valence-electron chi connectivity index (χ1n) is 13.2. The molecule has 0 fully saturated rings. The number of allylic oxidation sites excluding steroid dienone is 1. The van der Waals surface area contributed by atoms with Gasteiger partial charge < -0.3 is 9.97 Å². The molecular formula is C32H18N8OZn. The van der Waals surface area contributed by atoms with Crippen molar-refractivity contribution in [2.75, 3.05) is 0 Å². The van der Waals surface area contributed by atoms with Gasteiger partial charge in [0.15, 0.2) is 29.1 Å². The maximum absolute atomic E-state index is 12.5. The number of benzene rings is 3. The monoisotopic (exact) mass is 594 g/mol. The second kappa shape index (κ2) is 9.16. The number of aromatic amines is 2. The van der Waals surface area contributed by atoms with Crippen molar-refractivity contribution in [2.24, 2.45) is 0 Å². The molecule has 1 aliphatic carbocycles. The van der Waals surface area contributed by atoms with E-state index in [0.717, 1.165) is 44.2 Å². The fraction of sp³-hybridized carbons (Fsp3) is 0.0312. The SMILES string of the molecule is O=C1C=Cc2c(c3nc4nc(nc5[nH]c(nc6nc(nc2[nH]3)-c2ccccc2-6)c2ccccc52)-c2ccccc2-4)C1.[Zn]. The van der Waals surface area contributed by atoms with E-state index >= 15 is 0 Å². The number of hydrogen-bond acceptors (Lipinski definition) is 7. The van der Waals surface area contributed by atoms with Crippen LogP contribution in [-0.4, -0.2) is 45.7 Å². The van der Waals surface area contributed by atoms with Crippen LogP contribution < -0.4 is 0 Å². The summed E-state index contributed by atoms with van der Waals surface area (Å²) in [5, 5.41) is 1.86. The normalized spacial score (nSPS) is 12.9. The molecule has 9 nitrogen and oxygen atoms in total. The van der Waals surface area contributed by atoms with E-state index in [0.29, 0.717) is 45.9 Å². The fourth-order valence-corrected chi connectivity index (χ4v) is 5.75. The van der Waals surface area contributed by atoms with Crippen LogP contribution in [0.1, 0.15) is 11.1 Å². The number of carbonyl (C=O) groups excluding carboxylic acids is 1. The topological polar surface area (TPSA) is 126 Å². The second-order valence-electron chi connectivity index (χ2n) is 10.1. The quantitative estimate of drug-likeness (QED) is 0.211. The minimum Gasteiger partial charge on any atom is -0.324 e. The zero-order valence-corrected chi connectivity index (χ0v) is 25.1. The van der Waals surface area contributed by atoms with Crippen LogP contribution in [0.3, 0.4) is 0 Å². The Morgan fingerprint density at radius 1 is 0.500 bits per heavy atom. The standard InChI is InChI=1S/C32H18N8O.Zn/c41-16-13-14-23-24(15-16)32-39-30-22-12-6-5-11-21(22)28(37-30)35-26-18-8-2-1-7-17(18)25(33-26)34-27-19-9-3-4-10-20(19)29(36-27)38-31(23)40-32;/h1-14H,15H2,(H2,33,34,35,36,37,38,39,40);. The van der Waals surface area contributed by atoms with Crippen LogP contribution in [0.25, 0.3) is 85.0 Å². The van der Waals surface area contributed by atoms with Gasteiger partial charge in [0, 0.05) is 70.1 Å². The second-order valence-corrected chi connectivity index (χ2v) is 10.1. The maximum atomic E-state index is 12.5. The molecule has 9 rings (SSSR count). The number of aromatic nitrogens is 8. The molecule has 0 radical (unpaired) electrons. The Bertz CT molecular complexity index is 2340. The summed E-state index contributed by atoms with van der Waals surface area (Å²) in [5.74, 6) is 2.16. The van der Waals surface area contributed by atoms with Crippen molar-refractivity contribution in [3.63, 3.8) is 0 Å². The number of fused-ring (bicyclic) bond motifs is 20. The summed E-state index contributed by atoms with van der Waals surface area (Å²) in [4.78, 5) is 48.9. The third kappa shape index (κ3) is 3.62.